The number of aliphatic hydroxyl groups is 1. The van der Waals surface area contributed by atoms with E-state index >= 15 is 0 Å². The summed E-state index contributed by atoms with van der Waals surface area (Å²) < 4.78 is 1.96. The highest BCUT2D eigenvalue weighted by Gasteiger charge is 2.43. The lowest BCUT2D eigenvalue weighted by Gasteiger charge is -2.27. The van der Waals surface area contributed by atoms with Gasteiger partial charge in [-0.15, -0.1) is 0 Å². The van der Waals surface area contributed by atoms with Crippen LogP contribution in [0.25, 0.3) is 11.1 Å². The van der Waals surface area contributed by atoms with Crippen LogP contribution in [0.4, 0.5) is 0 Å². The Hall–Kier alpha value is -1.42. The summed E-state index contributed by atoms with van der Waals surface area (Å²) >= 11 is 7.18. The van der Waals surface area contributed by atoms with Crippen LogP contribution < -0.4 is 0 Å². The fraction of sp³-hybridized carbons (Fsp3) is 0.333. The van der Waals surface area contributed by atoms with Gasteiger partial charge in [0.1, 0.15) is 5.60 Å². The normalized spacial score (nSPS) is 13.9. The first kappa shape index (κ1) is 21.8. The summed E-state index contributed by atoms with van der Waals surface area (Å²) in [5, 5.41) is 12.1. The average Bonchev–Trinajstić information content (AvgIpc) is 2.99. The molecule has 0 fully saturated rings. The Balaban J connectivity index is 1.60. The molecule has 30 heavy (non-hydrogen) atoms. The van der Waals surface area contributed by atoms with Crippen molar-refractivity contribution in [1.29, 1.82) is 0 Å². The number of halogens is 2. The minimum atomic E-state index is -1.14. The van der Waals surface area contributed by atoms with E-state index in [9.17, 15) is 5.11 Å². The molecular weight excluding hydrogens is 500 g/mol. The Morgan fingerprint density at radius 3 is 1.80 bits per heavy atom. The number of fused-ring (bicyclic) bond motifs is 3. The second-order valence-electron chi connectivity index (χ2n) is 8.30. The van der Waals surface area contributed by atoms with Crippen molar-refractivity contribution < 1.29 is 5.11 Å². The highest BCUT2D eigenvalue weighted by atomic mass is 79.9. The third-order valence-corrected chi connectivity index (χ3v) is 7.21. The molecule has 0 radical (unpaired) electrons. The lowest BCUT2D eigenvalue weighted by Crippen LogP contribution is -2.26. The van der Waals surface area contributed by atoms with E-state index in [2.05, 4.69) is 75.2 Å². The van der Waals surface area contributed by atoms with Crippen molar-refractivity contribution in [2.45, 2.75) is 57.5 Å². The van der Waals surface area contributed by atoms with Gasteiger partial charge in [-0.1, -0.05) is 107 Å². The Bertz CT molecular complexity index is 972. The van der Waals surface area contributed by atoms with E-state index in [0.29, 0.717) is 0 Å². The van der Waals surface area contributed by atoms with Crippen LogP contribution in [0.2, 0.25) is 0 Å². The molecule has 1 nitrogen and oxygen atoms in total. The van der Waals surface area contributed by atoms with Crippen LogP contribution in [0.1, 0.15) is 67.7 Å². The van der Waals surface area contributed by atoms with Crippen LogP contribution in [0, 0.1) is 0 Å². The zero-order valence-corrected chi connectivity index (χ0v) is 20.6. The van der Waals surface area contributed by atoms with Crippen molar-refractivity contribution in [3.05, 3.63) is 91.9 Å². The molecule has 3 aromatic rings. The van der Waals surface area contributed by atoms with Gasteiger partial charge in [0.05, 0.1) is 0 Å². The molecule has 1 aliphatic rings. The molecule has 4 rings (SSSR count). The van der Waals surface area contributed by atoms with Gasteiger partial charge in [-0.3, -0.25) is 0 Å². The Morgan fingerprint density at radius 1 is 0.700 bits per heavy atom. The third kappa shape index (κ3) is 4.17. The van der Waals surface area contributed by atoms with Crippen LogP contribution in [-0.2, 0) is 12.0 Å². The third-order valence-electron chi connectivity index (χ3n) is 6.22. The zero-order chi connectivity index (χ0) is 21.1. The van der Waals surface area contributed by atoms with Crippen LogP contribution in [-0.4, -0.2) is 5.11 Å². The molecule has 3 heteroatoms. The van der Waals surface area contributed by atoms with Crippen LogP contribution >= 0.6 is 31.9 Å². The summed E-state index contributed by atoms with van der Waals surface area (Å²) in [6, 6.07) is 21.0. The molecule has 0 heterocycles. The van der Waals surface area contributed by atoms with Gasteiger partial charge in [0, 0.05) is 20.1 Å². The maximum absolute atomic E-state index is 12.1. The summed E-state index contributed by atoms with van der Waals surface area (Å²) in [7, 11) is 0. The lowest BCUT2D eigenvalue weighted by molar-refractivity contribution is 0.130. The van der Waals surface area contributed by atoms with Gasteiger partial charge in [-0.05, 0) is 59.4 Å². The van der Waals surface area contributed by atoms with Gasteiger partial charge in [0.2, 0.25) is 0 Å². The standard InChI is InChI=1S/C27H28Br2O/c1-2-3-4-5-6-7-8-19-9-11-20(12-10-19)27(30)25-17-21(28)13-15-23(25)24-16-14-22(29)18-26(24)27/h9-18,30H,2-8H2,1H3. The van der Waals surface area contributed by atoms with E-state index in [1.54, 1.807) is 0 Å². The second kappa shape index (κ2) is 9.38. The molecule has 0 aliphatic heterocycles. The van der Waals surface area contributed by atoms with Gasteiger partial charge in [-0.25, -0.2) is 0 Å². The monoisotopic (exact) mass is 526 g/mol. The van der Waals surface area contributed by atoms with Crippen LogP contribution in [0.15, 0.2) is 69.6 Å². The minimum absolute atomic E-state index is 0.922. The van der Waals surface area contributed by atoms with Crippen LogP contribution in [0.3, 0.4) is 0 Å². The Kier molecular flexibility index (Phi) is 6.81. The molecule has 0 unspecified atom stereocenters. The van der Waals surface area contributed by atoms with Gasteiger partial charge >= 0.3 is 0 Å². The van der Waals surface area contributed by atoms with Crippen molar-refractivity contribution in [3.63, 3.8) is 0 Å². The molecule has 1 N–H and O–H groups in total. The number of rotatable bonds is 8. The SMILES string of the molecule is CCCCCCCCc1ccc(C2(O)c3cc(Br)ccc3-c3ccc(Br)cc32)cc1. The maximum Gasteiger partial charge on any atom is 0.141 e. The summed E-state index contributed by atoms with van der Waals surface area (Å²) in [5.41, 5.74) is 5.20. The molecule has 0 amide bonds. The molecule has 0 aromatic heterocycles. The molecule has 0 saturated heterocycles. The van der Waals surface area contributed by atoms with Crippen molar-refractivity contribution in [3.8, 4) is 11.1 Å². The van der Waals surface area contributed by atoms with E-state index in [1.165, 1.54) is 44.1 Å². The minimum Gasteiger partial charge on any atom is -0.376 e. The van der Waals surface area contributed by atoms with E-state index < -0.39 is 5.60 Å². The first-order valence-electron chi connectivity index (χ1n) is 11.0. The summed E-state index contributed by atoms with van der Waals surface area (Å²) in [6.07, 6.45) is 8.98. The fourth-order valence-corrected chi connectivity index (χ4v) is 5.30. The van der Waals surface area contributed by atoms with Crippen molar-refractivity contribution >= 4 is 31.9 Å². The van der Waals surface area contributed by atoms with Crippen molar-refractivity contribution in [2.24, 2.45) is 0 Å². The number of aryl methyl sites for hydroxylation is 1. The summed E-state index contributed by atoms with van der Waals surface area (Å²) in [4.78, 5) is 0. The molecule has 156 valence electrons. The summed E-state index contributed by atoms with van der Waals surface area (Å²) in [6.45, 7) is 2.26. The largest absolute Gasteiger partial charge is 0.376 e. The molecule has 0 atom stereocenters. The van der Waals surface area contributed by atoms with Gasteiger partial charge < -0.3 is 5.11 Å². The molecular formula is C27H28Br2O. The highest BCUT2D eigenvalue weighted by molar-refractivity contribution is 9.10. The second-order valence-corrected chi connectivity index (χ2v) is 10.1. The van der Waals surface area contributed by atoms with E-state index in [4.69, 9.17) is 0 Å². The number of hydrogen-bond acceptors (Lipinski definition) is 1. The first-order chi connectivity index (χ1) is 14.5. The van der Waals surface area contributed by atoms with E-state index in [-0.39, 0.29) is 0 Å². The lowest BCUT2D eigenvalue weighted by atomic mass is 9.84. The predicted molar refractivity (Wildman–Crippen MR) is 133 cm³/mol. The van der Waals surface area contributed by atoms with Gasteiger partial charge in [-0.2, -0.15) is 0 Å². The molecule has 3 aromatic carbocycles. The molecule has 0 bridgehead atoms. The zero-order valence-electron chi connectivity index (χ0n) is 17.4. The maximum atomic E-state index is 12.1. The summed E-state index contributed by atoms with van der Waals surface area (Å²) in [5.74, 6) is 0. The van der Waals surface area contributed by atoms with Crippen molar-refractivity contribution in [1.82, 2.24) is 0 Å². The first-order valence-corrected chi connectivity index (χ1v) is 12.5. The van der Waals surface area contributed by atoms with E-state index in [0.717, 1.165) is 43.2 Å². The highest BCUT2D eigenvalue weighted by Crippen LogP contribution is 2.52. The molecule has 1 aliphatic carbocycles. The Morgan fingerprint density at radius 2 is 1.23 bits per heavy atom. The number of hydrogen-bond donors (Lipinski definition) is 1. The van der Waals surface area contributed by atoms with E-state index in [1.807, 2.05) is 24.3 Å². The number of benzene rings is 3. The quantitative estimate of drug-likeness (QED) is 0.291. The van der Waals surface area contributed by atoms with Crippen LogP contribution in [0.5, 0.6) is 0 Å². The van der Waals surface area contributed by atoms with Gasteiger partial charge in [0.15, 0.2) is 0 Å². The topological polar surface area (TPSA) is 20.2 Å². The average molecular weight is 528 g/mol. The molecule has 0 spiro atoms. The fourth-order valence-electron chi connectivity index (χ4n) is 4.58. The van der Waals surface area contributed by atoms with Crippen molar-refractivity contribution in [2.75, 3.05) is 0 Å². The van der Waals surface area contributed by atoms with Gasteiger partial charge in [0.25, 0.3) is 0 Å². The smallest absolute Gasteiger partial charge is 0.141 e. The predicted octanol–water partition coefficient (Wildman–Crippen LogP) is 8.38. The molecule has 0 saturated carbocycles. The number of unbranched alkanes of at least 4 members (excludes halogenated alkanes) is 5. The Labute approximate surface area is 196 Å².